The summed E-state index contributed by atoms with van der Waals surface area (Å²) in [5.41, 5.74) is 8.75. The van der Waals surface area contributed by atoms with Crippen LogP contribution in [-0.4, -0.2) is 17.0 Å². The second-order valence-corrected chi connectivity index (χ2v) is 6.76. The van der Waals surface area contributed by atoms with Crippen molar-refractivity contribution in [3.05, 3.63) is 82.6 Å². The highest BCUT2D eigenvalue weighted by Crippen LogP contribution is 2.40. The fraction of sp³-hybridized carbons (Fsp3) is 0. The zero-order valence-corrected chi connectivity index (χ0v) is 15.4. The lowest BCUT2D eigenvalue weighted by Gasteiger charge is -2.09. The van der Waals surface area contributed by atoms with Gasteiger partial charge in [0.05, 0.1) is 5.56 Å². The van der Waals surface area contributed by atoms with E-state index in [1.54, 1.807) is 48.5 Å². The smallest absolute Gasteiger partial charge is 0.258 e. The summed E-state index contributed by atoms with van der Waals surface area (Å²) in [6, 6.07) is 17.6. The zero-order chi connectivity index (χ0) is 19.5. The molecular formula is C21H15N3O3S. The van der Waals surface area contributed by atoms with Crippen molar-refractivity contribution in [3.8, 4) is 22.4 Å². The number of thiophene rings is 1. The summed E-state index contributed by atoms with van der Waals surface area (Å²) in [6.45, 7) is 0. The molecule has 0 saturated carbocycles. The van der Waals surface area contributed by atoms with Crippen LogP contribution in [0.3, 0.4) is 0 Å². The number of nitrogens with two attached hydrogens (primary N) is 1. The van der Waals surface area contributed by atoms with Crippen molar-refractivity contribution in [2.75, 3.05) is 5.32 Å². The van der Waals surface area contributed by atoms with Crippen molar-refractivity contribution in [1.82, 2.24) is 5.16 Å². The molecule has 2 amide bonds. The van der Waals surface area contributed by atoms with Gasteiger partial charge >= 0.3 is 0 Å². The Hall–Kier alpha value is -3.71. The van der Waals surface area contributed by atoms with E-state index >= 15 is 0 Å². The van der Waals surface area contributed by atoms with E-state index in [-0.39, 0.29) is 11.8 Å². The first kappa shape index (κ1) is 17.7. The maximum atomic E-state index is 12.6. The molecule has 0 unspecified atom stereocenters. The zero-order valence-electron chi connectivity index (χ0n) is 14.6. The third kappa shape index (κ3) is 3.30. The largest absolute Gasteiger partial charge is 0.366 e. The Labute approximate surface area is 164 Å². The van der Waals surface area contributed by atoms with Gasteiger partial charge < -0.3 is 10.3 Å². The number of amides is 2. The fourth-order valence-electron chi connectivity index (χ4n) is 2.90. The van der Waals surface area contributed by atoms with Crippen LogP contribution >= 0.6 is 11.3 Å². The van der Waals surface area contributed by atoms with E-state index in [4.69, 9.17) is 10.3 Å². The molecule has 3 N–H and O–H groups in total. The third-order valence-corrected chi connectivity index (χ3v) is 4.89. The first-order valence-electron chi connectivity index (χ1n) is 8.43. The van der Waals surface area contributed by atoms with Gasteiger partial charge in [-0.2, -0.15) is 11.3 Å². The third-order valence-electron chi connectivity index (χ3n) is 4.21. The van der Waals surface area contributed by atoms with Gasteiger partial charge in [-0.1, -0.05) is 41.6 Å². The molecule has 0 saturated heterocycles. The van der Waals surface area contributed by atoms with E-state index in [1.807, 2.05) is 22.9 Å². The molecule has 6 nitrogen and oxygen atoms in total. The number of benzene rings is 2. The van der Waals surface area contributed by atoms with Crippen molar-refractivity contribution in [2.45, 2.75) is 0 Å². The number of nitrogens with one attached hydrogen (secondary N) is 1. The standard InChI is InChI=1S/C21H15N3O3S/c22-19(25)16-9-5-4-8-15(16)17-18(14-10-11-28-12-14)24-27-21(17)23-20(26)13-6-2-1-3-7-13/h1-12H,(H2,22,25)(H,23,26). The predicted molar refractivity (Wildman–Crippen MR) is 108 cm³/mol. The van der Waals surface area contributed by atoms with E-state index in [0.29, 0.717) is 27.9 Å². The molecule has 7 heteroatoms. The Morgan fingerprint density at radius 3 is 2.46 bits per heavy atom. The molecule has 0 atom stereocenters. The molecule has 0 aliphatic rings. The Bertz CT molecular complexity index is 1130. The number of carbonyl (C=O) groups is 2. The van der Waals surface area contributed by atoms with Crippen LogP contribution in [0.5, 0.6) is 0 Å². The summed E-state index contributed by atoms with van der Waals surface area (Å²) in [7, 11) is 0. The molecule has 0 aliphatic heterocycles. The normalized spacial score (nSPS) is 10.6. The minimum atomic E-state index is -0.576. The topological polar surface area (TPSA) is 98.2 Å². The summed E-state index contributed by atoms with van der Waals surface area (Å²) in [5, 5.41) is 10.7. The first-order chi connectivity index (χ1) is 13.6. The summed E-state index contributed by atoms with van der Waals surface area (Å²) in [4.78, 5) is 24.6. The van der Waals surface area contributed by atoms with E-state index in [2.05, 4.69) is 10.5 Å². The molecule has 2 aromatic heterocycles. The summed E-state index contributed by atoms with van der Waals surface area (Å²) in [5.74, 6) is -0.761. The van der Waals surface area contributed by atoms with Crippen LogP contribution in [0.25, 0.3) is 22.4 Å². The number of carbonyl (C=O) groups excluding carboxylic acids is 2. The number of anilines is 1. The highest BCUT2D eigenvalue weighted by Gasteiger charge is 2.24. The van der Waals surface area contributed by atoms with Crippen LogP contribution in [0.15, 0.2) is 75.9 Å². The molecule has 0 radical (unpaired) electrons. The van der Waals surface area contributed by atoms with Crippen molar-refractivity contribution in [1.29, 1.82) is 0 Å². The van der Waals surface area contributed by atoms with Gasteiger partial charge in [-0.25, -0.2) is 0 Å². The van der Waals surface area contributed by atoms with Crippen LogP contribution in [-0.2, 0) is 0 Å². The molecule has 2 heterocycles. The molecule has 138 valence electrons. The van der Waals surface area contributed by atoms with Gasteiger partial charge in [-0.3, -0.25) is 14.9 Å². The monoisotopic (exact) mass is 389 g/mol. The van der Waals surface area contributed by atoms with E-state index in [9.17, 15) is 9.59 Å². The maximum Gasteiger partial charge on any atom is 0.258 e. The summed E-state index contributed by atoms with van der Waals surface area (Å²) < 4.78 is 5.47. The summed E-state index contributed by atoms with van der Waals surface area (Å²) in [6.07, 6.45) is 0. The van der Waals surface area contributed by atoms with Crippen molar-refractivity contribution in [2.24, 2.45) is 5.73 Å². The van der Waals surface area contributed by atoms with Gasteiger partial charge in [-0.15, -0.1) is 0 Å². The molecule has 28 heavy (non-hydrogen) atoms. The maximum absolute atomic E-state index is 12.6. The lowest BCUT2D eigenvalue weighted by atomic mass is 9.97. The SMILES string of the molecule is NC(=O)c1ccccc1-c1c(-c2ccsc2)noc1NC(=O)c1ccccc1. The number of nitrogens with zero attached hydrogens (tertiary/aromatic N) is 1. The van der Waals surface area contributed by atoms with E-state index < -0.39 is 5.91 Å². The van der Waals surface area contributed by atoms with Crippen LogP contribution in [0, 0.1) is 0 Å². The Kier molecular flexibility index (Phi) is 4.74. The Morgan fingerprint density at radius 1 is 1.00 bits per heavy atom. The molecular weight excluding hydrogens is 374 g/mol. The number of hydrogen-bond acceptors (Lipinski definition) is 5. The molecule has 0 bridgehead atoms. The Morgan fingerprint density at radius 2 is 1.75 bits per heavy atom. The average molecular weight is 389 g/mol. The van der Waals surface area contributed by atoms with Gasteiger partial charge in [0.1, 0.15) is 5.69 Å². The van der Waals surface area contributed by atoms with E-state index in [0.717, 1.165) is 5.56 Å². The second-order valence-electron chi connectivity index (χ2n) is 5.98. The Balaban J connectivity index is 1.85. The molecule has 4 rings (SSSR count). The van der Waals surface area contributed by atoms with Crippen molar-refractivity contribution < 1.29 is 14.1 Å². The molecule has 2 aromatic carbocycles. The second kappa shape index (κ2) is 7.50. The molecule has 0 fully saturated rings. The molecule has 0 spiro atoms. The van der Waals surface area contributed by atoms with Crippen LogP contribution in [0.4, 0.5) is 5.88 Å². The minimum absolute atomic E-state index is 0.156. The van der Waals surface area contributed by atoms with Gasteiger partial charge in [0.15, 0.2) is 0 Å². The number of primary amides is 1. The van der Waals surface area contributed by atoms with Crippen molar-refractivity contribution in [3.63, 3.8) is 0 Å². The average Bonchev–Trinajstić information content (AvgIpc) is 3.38. The van der Waals surface area contributed by atoms with Gasteiger partial charge in [-0.05, 0) is 29.6 Å². The lowest BCUT2D eigenvalue weighted by Crippen LogP contribution is -2.14. The van der Waals surface area contributed by atoms with Gasteiger partial charge in [0, 0.05) is 27.6 Å². The van der Waals surface area contributed by atoms with Gasteiger partial charge in [0.2, 0.25) is 11.8 Å². The summed E-state index contributed by atoms with van der Waals surface area (Å²) >= 11 is 1.51. The first-order valence-corrected chi connectivity index (χ1v) is 9.37. The van der Waals surface area contributed by atoms with Crippen LogP contribution in [0.1, 0.15) is 20.7 Å². The van der Waals surface area contributed by atoms with E-state index in [1.165, 1.54) is 11.3 Å². The highest BCUT2D eigenvalue weighted by molar-refractivity contribution is 7.08. The van der Waals surface area contributed by atoms with Crippen molar-refractivity contribution >= 4 is 29.0 Å². The molecule has 0 aliphatic carbocycles. The quantitative estimate of drug-likeness (QED) is 0.528. The predicted octanol–water partition coefficient (Wildman–Crippen LogP) is 4.42. The lowest BCUT2D eigenvalue weighted by molar-refractivity contribution is 0.0998. The molecule has 4 aromatic rings. The highest BCUT2D eigenvalue weighted by atomic mass is 32.1. The number of aromatic nitrogens is 1. The fourth-order valence-corrected chi connectivity index (χ4v) is 3.54. The van der Waals surface area contributed by atoms with Crippen LogP contribution in [0.2, 0.25) is 0 Å². The number of rotatable bonds is 5. The van der Waals surface area contributed by atoms with Crippen LogP contribution < -0.4 is 11.1 Å². The number of hydrogen-bond donors (Lipinski definition) is 2. The minimum Gasteiger partial charge on any atom is -0.366 e. The van der Waals surface area contributed by atoms with Gasteiger partial charge in [0.25, 0.3) is 5.91 Å².